The number of methoxy groups -OCH3 is 1. The number of hydrogen-bond donors (Lipinski definition) is 0. The summed E-state index contributed by atoms with van der Waals surface area (Å²) in [5.41, 5.74) is -2.34. The molecule has 0 spiro atoms. The van der Waals surface area contributed by atoms with Gasteiger partial charge in [-0.15, -0.1) is 11.8 Å². The molecule has 1 aromatic heterocycles. The molecule has 0 radical (unpaired) electrons. The van der Waals surface area contributed by atoms with Gasteiger partial charge in [0.1, 0.15) is 5.82 Å². The van der Waals surface area contributed by atoms with E-state index in [-0.39, 0.29) is 38.8 Å². The molecule has 2 aliphatic rings. The van der Waals surface area contributed by atoms with Gasteiger partial charge in [0.2, 0.25) is 0 Å². The molecule has 2 aliphatic heterocycles. The maximum Gasteiger partial charge on any atom is 0.416 e. The lowest BCUT2D eigenvalue weighted by molar-refractivity contribution is -0.192. The third-order valence-corrected chi connectivity index (χ3v) is 9.70. The molecule has 0 aliphatic carbocycles. The SMILES string of the molecule is COc1cccc(-c2c(C)c(Cc3c(F)cccc3C(F)(F)F)c3n(c2=O)C(C(c2ccccc2)N2CC(F)(F)C2=O)CS3)c1F. The molecule has 1 amide bonds. The van der Waals surface area contributed by atoms with Crippen molar-refractivity contribution in [2.24, 2.45) is 0 Å². The van der Waals surface area contributed by atoms with Crippen LogP contribution in [0, 0.1) is 18.6 Å². The molecule has 13 heteroatoms. The number of β-lactam (4-membered cyclic amide) rings is 1. The number of pyridine rings is 1. The molecular weight excluding hydrogens is 637 g/mol. The first kappa shape index (κ1) is 31.7. The summed E-state index contributed by atoms with van der Waals surface area (Å²) < 4.78 is 108. The molecule has 5 nitrogen and oxygen atoms in total. The number of hydrogen-bond acceptors (Lipinski definition) is 4. The van der Waals surface area contributed by atoms with Crippen LogP contribution in [0.2, 0.25) is 0 Å². The number of aromatic nitrogens is 1. The Hall–Kier alpha value is -4.26. The van der Waals surface area contributed by atoms with Gasteiger partial charge in [-0.3, -0.25) is 14.2 Å². The maximum atomic E-state index is 15.7. The van der Waals surface area contributed by atoms with Gasteiger partial charge in [-0.05, 0) is 41.8 Å². The number of benzene rings is 3. The lowest BCUT2D eigenvalue weighted by atomic mass is 9.90. The number of likely N-dealkylation sites (tertiary alicyclic amines) is 1. The van der Waals surface area contributed by atoms with Crippen LogP contribution in [0.5, 0.6) is 5.75 Å². The van der Waals surface area contributed by atoms with E-state index in [1.165, 1.54) is 36.8 Å². The average molecular weight is 663 g/mol. The van der Waals surface area contributed by atoms with Crippen molar-refractivity contribution >= 4 is 17.7 Å². The van der Waals surface area contributed by atoms with Gasteiger partial charge in [0.15, 0.2) is 11.6 Å². The highest BCUT2D eigenvalue weighted by Gasteiger charge is 2.58. The molecule has 0 bridgehead atoms. The predicted octanol–water partition coefficient (Wildman–Crippen LogP) is 7.59. The van der Waals surface area contributed by atoms with E-state index in [0.717, 1.165) is 34.9 Å². The minimum absolute atomic E-state index is 0.0596. The van der Waals surface area contributed by atoms with Crippen LogP contribution in [-0.2, 0) is 17.4 Å². The highest BCUT2D eigenvalue weighted by atomic mass is 32.2. The zero-order valence-corrected chi connectivity index (χ0v) is 25.1. The van der Waals surface area contributed by atoms with Crippen molar-refractivity contribution in [2.75, 3.05) is 19.4 Å². The molecule has 6 rings (SSSR count). The monoisotopic (exact) mass is 662 g/mol. The summed E-state index contributed by atoms with van der Waals surface area (Å²) in [5.74, 6) is -7.19. The Kier molecular flexibility index (Phi) is 7.94. The van der Waals surface area contributed by atoms with Crippen LogP contribution in [0.3, 0.4) is 0 Å². The zero-order chi connectivity index (χ0) is 33.1. The molecule has 0 N–H and O–H groups in total. The van der Waals surface area contributed by atoms with E-state index in [4.69, 9.17) is 4.74 Å². The smallest absolute Gasteiger partial charge is 0.416 e. The molecule has 3 heterocycles. The standard InChI is InChI=1S/C33H25F7N2O3S/c1-17-20(14-21-22(33(38,39)40)11-7-12-23(21)34)30-42(29(43)26(17)19-10-6-13-25(45-2)27(19)35)24(15-46-30)28(18-8-4-3-5-9-18)41-16-32(36,37)31(41)44/h3-13,24,28H,14-16H2,1-2H3. The van der Waals surface area contributed by atoms with Crippen LogP contribution in [0.25, 0.3) is 11.1 Å². The summed E-state index contributed by atoms with van der Waals surface area (Å²) in [4.78, 5) is 28.1. The fraction of sp³-hybridized carbons (Fsp3) is 0.273. The fourth-order valence-electron chi connectivity index (χ4n) is 6.28. The molecule has 3 aromatic carbocycles. The van der Waals surface area contributed by atoms with Gasteiger partial charge in [0, 0.05) is 23.3 Å². The van der Waals surface area contributed by atoms with E-state index in [9.17, 15) is 31.5 Å². The number of rotatable bonds is 7. The predicted molar refractivity (Wildman–Crippen MR) is 157 cm³/mol. The summed E-state index contributed by atoms with van der Waals surface area (Å²) in [7, 11) is 1.23. The van der Waals surface area contributed by atoms with E-state index in [1.807, 2.05) is 0 Å². The van der Waals surface area contributed by atoms with E-state index in [1.54, 1.807) is 30.3 Å². The molecule has 2 atom stereocenters. The van der Waals surface area contributed by atoms with Crippen molar-refractivity contribution in [1.82, 2.24) is 9.47 Å². The molecule has 1 fully saturated rings. The lowest BCUT2D eigenvalue weighted by Crippen LogP contribution is -2.63. The van der Waals surface area contributed by atoms with Gasteiger partial charge < -0.3 is 9.64 Å². The number of nitrogens with zero attached hydrogens (tertiary/aromatic N) is 2. The number of thioether (sulfide) groups is 1. The first-order chi connectivity index (χ1) is 21.8. The average Bonchev–Trinajstić information content (AvgIpc) is 3.45. The summed E-state index contributed by atoms with van der Waals surface area (Å²) in [5, 5.41) is 0.177. The molecule has 4 aromatic rings. The van der Waals surface area contributed by atoms with Crippen LogP contribution >= 0.6 is 11.8 Å². The Bertz CT molecular complexity index is 1910. The van der Waals surface area contributed by atoms with Crippen LogP contribution in [0.4, 0.5) is 30.7 Å². The van der Waals surface area contributed by atoms with Crippen LogP contribution in [-0.4, -0.2) is 40.7 Å². The summed E-state index contributed by atoms with van der Waals surface area (Å²) in [6, 6.07) is 12.8. The molecular formula is C33H25F7N2O3S. The van der Waals surface area contributed by atoms with Crippen molar-refractivity contribution in [3.8, 4) is 16.9 Å². The Morgan fingerprint density at radius 2 is 1.67 bits per heavy atom. The Labute approximate surface area is 262 Å². The van der Waals surface area contributed by atoms with Gasteiger partial charge in [-0.1, -0.05) is 48.5 Å². The van der Waals surface area contributed by atoms with Gasteiger partial charge >= 0.3 is 12.1 Å². The first-order valence-corrected chi connectivity index (χ1v) is 15.1. The molecule has 240 valence electrons. The summed E-state index contributed by atoms with van der Waals surface area (Å²) in [6.45, 7) is 0.541. The Morgan fingerprint density at radius 1 is 0.978 bits per heavy atom. The molecule has 1 saturated heterocycles. The van der Waals surface area contributed by atoms with Gasteiger partial charge in [0.25, 0.3) is 11.5 Å². The molecule has 2 unspecified atom stereocenters. The van der Waals surface area contributed by atoms with Gasteiger partial charge in [-0.25, -0.2) is 8.78 Å². The number of halogens is 7. The van der Waals surface area contributed by atoms with Gasteiger partial charge in [0.05, 0.1) is 41.9 Å². The van der Waals surface area contributed by atoms with E-state index in [2.05, 4.69) is 0 Å². The van der Waals surface area contributed by atoms with Crippen molar-refractivity contribution in [3.05, 3.63) is 117 Å². The number of carbonyl (C=O) groups is 1. The molecule has 46 heavy (non-hydrogen) atoms. The highest BCUT2D eigenvalue weighted by Crippen LogP contribution is 2.49. The van der Waals surface area contributed by atoms with E-state index in [0.29, 0.717) is 5.56 Å². The van der Waals surface area contributed by atoms with Crippen molar-refractivity contribution in [1.29, 1.82) is 0 Å². The number of carbonyl (C=O) groups excluding carboxylic acids is 1. The summed E-state index contributed by atoms with van der Waals surface area (Å²) >= 11 is 1.08. The minimum atomic E-state index is -4.90. The van der Waals surface area contributed by atoms with Crippen molar-refractivity contribution in [3.63, 3.8) is 0 Å². The maximum absolute atomic E-state index is 15.7. The zero-order valence-electron chi connectivity index (χ0n) is 24.3. The number of fused-ring (bicyclic) bond motifs is 1. The minimum Gasteiger partial charge on any atom is -0.494 e. The Balaban J connectivity index is 1.63. The highest BCUT2D eigenvalue weighted by molar-refractivity contribution is 7.99. The van der Waals surface area contributed by atoms with Gasteiger partial charge in [-0.2, -0.15) is 22.0 Å². The lowest BCUT2D eigenvalue weighted by Gasteiger charge is -2.45. The second-order valence-corrected chi connectivity index (χ2v) is 12.1. The summed E-state index contributed by atoms with van der Waals surface area (Å²) in [6.07, 6.45) is -5.52. The fourth-order valence-corrected chi connectivity index (χ4v) is 7.70. The van der Waals surface area contributed by atoms with Crippen LogP contribution in [0.15, 0.2) is 76.6 Å². The molecule has 0 saturated carbocycles. The topological polar surface area (TPSA) is 51.5 Å². The Morgan fingerprint density at radius 3 is 2.30 bits per heavy atom. The van der Waals surface area contributed by atoms with Crippen molar-refractivity contribution in [2.45, 2.75) is 42.6 Å². The third-order valence-electron chi connectivity index (χ3n) is 8.47. The first-order valence-electron chi connectivity index (χ1n) is 14.1. The number of ether oxygens (including phenoxy) is 1. The number of amides is 1. The third kappa shape index (κ3) is 5.14. The second-order valence-electron chi connectivity index (χ2n) is 11.1. The normalized spacial score (nSPS) is 17.9. The quantitative estimate of drug-likeness (QED) is 0.151. The van der Waals surface area contributed by atoms with Crippen LogP contribution in [0.1, 0.15) is 39.9 Å². The largest absolute Gasteiger partial charge is 0.494 e. The van der Waals surface area contributed by atoms with E-state index < -0.39 is 71.4 Å². The number of alkyl halides is 5. The van der Waals surface area contributed by atoms with Crippen LogP contribution < -0.4 is 10.3 Å². The van der Waals surface area contributed by atoms with Crippen molar-refractivity contribution < 1.29 is 40.3 Å². The van der Waals surface area contributed by atoms with E-state index >= 15 is 8.78 Å². The second kappa shape index (κ2) is 11.5.